The van der Waals surface area contributed by atoms with Crippen molar-refractivity contribution < 1.29 is 23.6 Å². The van der Waals surface area contributed by atoms with Gasteiger partial charge in [-0.2, -0.15) is 0 Å². The van der Waals surface area contributed by atoms with E-state index in [2.05, 4.69) is 15.8 Å². The number of aryl methyl sites for hydroxylation is 1. The van der Waals surface area contributed by atoms with E-state index >= 15 is 0 Å². The van der Waals surface area contributed by atoms with Gasteiger partial charge in [-0.05, 0) is 59.0 Å². The molecule has 3 aliphatic heterocycles. The van der Waals surface area contributed by atoms with Gasteiger partial charge >= 0.3 is 5.97 Å². The Kier molecular flexibility index (Phi) is 8.20. The minimum Gasteiger partial charge on any atom is -0.464 e. The van der Waals surface area contributed by atoms with E-state index in [1.807, 2.05) is 44.2 Å². The Hall–Kier alpha value is -2.56. The van der Waals surface area contributed by atoms with Crippen LogP contribution in [0.15, 0.2) is 34.9 Å². The lowest BCUT2D eigenvalue weighted by Gasteiger charge is -2.43. The van der Waals surface area contributed by atoms with Gasteiger partial charge in [-0.3, -0.25) is 9.59 Å². The van der Waals surface area contributed by atoms with Crippen molar-refractivity contribution in [2.45, 2.75) is 62.2 Å². The lowest BCUT2D eigenvalue weighted by atomic mass is 9.94. The SMILES string of the molecule is Cc1onc(-c2ccccc2)c1C(=O)N[C@@H]1C(=O)N2[C@@H]1SC(C)(C)[C@@H]2C(=O)OCCC1CCNCC1.Cl. The second-order valence-corrected chi connectivity index (χ2v) is 12.0. The third kappa shape index (κ3) is 5.24. The molecule has 0 aliphatic carbocycles. The lowest BCUT2D eigenvalue weighted by Crippen LogP contribution is -2.70. The third-order valence-corrected chi connectivity index (χ3v) is 8.89. The zero-order valence-electron chi connectivity index (χ0n) is 21.2. The number of carbonyl (C=O) groups excluding carboxylic acids is 3. The molecule has 3 fully saturated rings. The Morgan fingerprint density at radius 3 is 2.65 bits per heavy atom. The van der Waals surface area contributed by atoms with Crippen LogP contribution in [0.2, 0.25) is 0 Å². The maximum absolute atomic E-state index is 13.2. The number of nitrogens with zero attached hydrogens (tertiary/aromatic N) is 2. The molecule has 0 unspecified atom stereocenters. The minimum absolute atomic E-state index is 0. The number of β-lactam (4-membered cyclic amide) rings is 1. The molecule has 9 nitrogen and oxygen atoms in total. The summed E-state index contributed by atoms with van der Waals surface area (Å²) in [6.45, 7) is 7.93. The molecule has 3 atom stereocenters. The van der Waals surface area contributed by atoms with Crippen LogP contribution < -0.4 is 10.6 Å². The average molecular weight is 549 g/mol. The number of thioether (sulfide) groups is 1. The fourth-order valence-electron chi connectivity index (χ4n) is 5.35. The highest BCUT2D eigenvalue weighted by molar-refractivity contribution is 8.01. The fraction of sp³-hybridized carbons (Fsp3) is 0.538. The Labute approximate surface area is 226 Å². The van der Waals surface area contributed by atoms with Crippen molar-refractivity contribution in [2.24, 2.45) is 5.92 Å². The molecular formula is C26H33ClN4O5S. The van der Waals surface area contributed by atoms with Crippen molar-refractivity contribution in [3.8, 4) is 11.3 Å². The van der Waals surface area contributed by atoms with Crippen LogP contribution in [-0.4, -0.2) is 69.7 Å². The molecule has 4 heterocycles. The monoisotopic (exact) mass is 548 g/mol. The first-order chi connectivity index (χ1) is 17.3. The second kappa shape index (κ2) is 11.0. The smallest absolute Gasteiger partial charge is 0.330 e. The highest BCUT2D eigenvalue weighted by atomic mass is 35.5. The molecule has 200 valence electrons. The van der Waals surface area contributed by atoms with E-state index in [-0.39, 0.29) is 29.7 Å². The predicted molar refractivity (Wildman–Crippen MR) is 142 cm³/mol. The van der Waals surface area contributed by atoms with Crippen LogP contribution in [0.25, 0.3) is 11.3 Å². The van der Waals surface area contributed by atoms with Gasteiger partial charge in [0.15, 0.2) is 0 Å². The quantitative estimate of drug-likeness (QED) is 0.401. The van der Waals surface area contributed by atoms with Crippen LogP contribution in [0.4, 0.5) is 0 Å². The molecule has 0 saturated carbocycles. The van der Waals surface area contributed by atoms with Crippen LogP contribution in [0.5, 0.6) is 0 Å². The van der Waals surface area contributed by atoms with Gasteiger partial charge in [-0.25, -0.2) is 4.79 Å². The highest BCUT2D eigenvalue weighted by Crippen LogP contribution is 2.51. The molecule has 37 heavy (non-hydrogen) atoms. The fourth-order valence-corrected chi connectivity index (χ4v) is 6.97. The zero-order valence-corrected chi connectivity index (χ0v) is 22.8. The summed E-state index contributed by atoms with van der Waals surface area (Å²) in [5, 5.41) is 9.93. The van der Waals surface area contributed by atoms with Crippen LogP contribution in [0.3, 0.4) is 0 Å². The Balaban J connectivity index is 0.00000320. The molecular weight excluding hydrogens is 516 g/mol. The van der Waals surface area contributed by atoms with Crippen molar-refractivity contribution in [1.29, 1.82) is 0 Å². The van der Waals surface area contributed by atoms with Gasteiger partial charge in [0.05, 0.1) is 6.61 Å². The number of esters is 1. The number of rotatable bonds is 7. The summed E-state index contributed by atoms with van der Waals surface area (Å²) in [5.41, 5.74) is 1.50. The first-order valence-corrected chi connectivity index (χ1v) is 13.4. The Bertz CT molecular complexity index is 1150. The molecule has 2 N–H and O–H groups in total. The molecule has 0 radical (unpaired) electrons. The maximum Gasteiger partial charge on any atom is 0.330 e. The van der Waals surface area contributed by atoms with Crippen LogP contribution in [-0.2, 0) is 14.3 Å². The third-order valence-electron chi connectivity index (χ3n) is 7.32. The Morgan fingerprint density at radius 2 is 1.95 bits per heavy atom. The number of fused-ring (bicyclic) bond motifs is 1. The van der Waals surface area contributed by atoms with E-state index in [0.29, 0.717) is 29.5 Å². The number of hydrogen-bond acceptors (Lipinski definition) is 8. The summed E-state index contributed by atoms with van der Waals surface area (Å²) in [6.07, 6.45) is 3.02. The molecule has 1 aromatic heterocycles. The summed E-state index contributed by atoms with van der Waals surface area (Å²) in [4.78, 5) is 41.0. The van der Waals surface area contributed by atoms with Crippen LogP contribution >= 0.6 is 24.2 Å². The molecule has 0 spiro atoms. The van der Waals surface area contributed by atoms with Crippen LogP contribution in [0.1, 0.15) is 49.2 Å². The summed E-state index contributed by atoms with van der Waals surface area (Å²) >= 11 is 1.51. The number of amides is 2. The summed E-state index contributed by atoms with van der Waals surface area (Å²) in [7, 11) is 0. The minimum atomic E-state index is -0.729. The average Bonchev–Trinajstić information content (AvgIpc) is 3.38. The van der Waals surface area contributed by atoms with Crippen molar-refractivity contribution in [2.75, 3.05) is 19.7 Å². The maximum atomic E-state index is 13.2. The summed E-state index contributed by atoms with van der Waals surface area (Å²) < 4.78 is 10.4. The van der Waals surface area contributed by atoms with Crippen molar-refractivity contribution >= 4 is 42.0 Å². The number of aromatic nitrogens is 1. The molecule has 5 rings (SSSR count). The summed E-state index contributed by atoms with van der Waals surface area (Å²) in [6, 6.07) is 7.88. The van der Waals surface area contributed by atoms with E-state index in [4.69, 9.17) is 9.26 Å². The number of halogens is 1. The number of carbonyl (C=O) groups is 3. The van der Waals surface area contributed by atoms with Gasteiger partial charge in [-0.1, -0.05) is 35.5 Å². The Morgan fingerprint density at radius 1 is 1.24 bits per heavy atom. The summed E-state index contributed by atoms with van der Waals surface area (Å²) in [5.74, 6) is -0.128. The molecule has 0 bridgehead atoms. The van der Waals surface area contributed by atoms with E-state index in [1.54, 1.807) is 11.8 Å². The van der Waals surface area contributed by atoms with E-state index in [1.165, 1.54) is 11.8 Å². The lowest BCUT2D eigenvalue weighted by molar-refractivity contribution is -0.163. The van der Waals surface area contributed by atoms with E-state index < -0.39 is 22.7 Å². The van der Waals surface area contributed by atoms with Gasteiger partial charge in [0.1, 0.15) is 34.5 Å². The standard InChI is InChI=1S/C26H32N4O5S.ClH/c1-15-18(19(29-35-15)17-7-5-4-6-8-17)22(31)28-20-23(32)30-21(26(2,3)36-24(20)30)25(33)34-14-11-16-9-12-27-13-10-16;/h4-8,16,20-21,24,27H,9-14H2,1-3H3,(H,28,31);1H/t20-,21+,24-;/m1./s1. The number of nitrogens with one attached hydrogen (secondary N) is 2. The van der Waals surface area contributed by atoms with E-state index in [0.717, 1.165) is 37.9 Å². The molecule has 3 saturated heterocycles. The van der Waals surface area contributed by atoms with Crippen molar-refractivity contribution in [3.63, 3.8) is 0 Å². The second-order valence-electron chi connectivity index (χ2n) is 10.2. The van der Waals surface area contributed by atoms with Crippen LogP contribution in [0, 0.1) is 12.8 Å². The molecule has 3 aliphatic rings. The number of hydrogen-bond donors (Lipinski definition) is 2. The normalized spacial score (nSPS) is 24.6. The molecule has 2 amide bonds. The van der Waals surface area contributed by atoms with Gasteiger partial charge in [-0.15, -0.1) is 24.2 Å². The first-order valence-electron chi connectivity index (χ1n) is 12.5. The zero-order chi connectivity index (χ0) is 25.4. The molecule has 2 aromatic rings. The highest BCUT2D eigenvalue weighted by Gasteiger charge is 2.64. The van der Waals surface area contributed by atoms with Crippen molar-refractivity contribution in [3.05, 3.63) is 41.7 Å². The first kappa shape index (κ1) is 27.5. The van der Waals surface area contributed by atoms with Crippen molar-refractivity contribution in [1.82, 2.24) is 20.7 Å². The number of ether oxygens (including phenoxy) is 1. The largest absolute Gasteiger partial charge is 0.464 e. The van der Waals surface area contributed by atoms with Gasteiger partial charge in [0, 0.05) is 10.3 Å². The van der Waals surface area contributed by atoms with E-state index in [9.17, 15) is 14.4 Å². The van der Waals surface area contributed by atoms with Gasteiger partial charge < -0.3 is 24.8 Å². The number of benzene rings is 1. The molecule has 11 heteroatoms. The van der Waals surface area contributed by atoms with Gasteiger partial charge in [0.25, 0.3) is 5.91 Å². The molecule has 1 aromatic carbocycles. The topological polar surface area (TPSA) is 114 Å². The number of piperidine rings is 1. The van der Waals surface area contributed by atoms with Gasteiger partial charge in [0.2, 0.25) is 5.91 Å². The predicted octanol–water partition coefficient (Wildman–Crippen LogP) is 3.17.